The average Bonchev–Trinajstić information content (AvgIpc) is 3.00. The van der Waals surface area contributed by atoms with Crippen molar-refractivity contribution in [3.8, 4) is 5.75 Å². The zero-order valence-corrected chi connectivity index (χ0v) is 13.0. The summed E-state index contributed by atoms with van der Waals surface area (Å²) in [5.74, 6) is 0.0665. The molecule has 0 bridgehead atoms. The molecule has 1 saturated heterocycles. The molecular formula is C14H20N2O4S. The SMILES string of the molecule is COc1ccccc1S(=O)(=O)N[C@@H](C)C(=O)N1CCCC1. The van der Waals surface area contributed by atoms with Crippen molar-refractivity contribution < 1.29 is 17.9 Å². The van der Waals surface area contributed by atoms with Gasteiger partial charge in [0.2, 0.25) is 15.9 Å². The van der Waals surface area contributed by atoms with Gasteiger partial charge in [-0.25, -0.2) is 8.42 Å². The van der Waals surface area contributed by atoms with Gasteiger partial charge in [-0.1, -0.05) is 12.1 Å². The molecule has 7 heteroatoms. The van der Waals surface area contributed by atoms with Crippen LogP contribution in [-0.4, -0.2) is 45.5 Å². The Bertz CT molecular complexity index is 609. The van der Waals surface area contributed by atoms with Crippen LogP contribution in [0.4, 0.5) is 0 Å². The highest BCUT2D eigenvalue weighted by molar-refractivity contribution is 7.89. The van der Waals surface area contributed by atoms with Crippen molar-refractivity contribution in [2.45, 2.75) is 30.7 Å². The second kappa shape index (κ2) is 6.44. The number of nitrogens with one attached hydrogen (secondary N) is 1. The summed E-state index contributed by atoms with van der Waals surface area (Å²) in [5.41, 5.74) is 0. The molecule has 0 aliphatic carbocycles. The summed E-state index contributed by atoms with van der Waals surface area (Å²) in [6.45, 7) is 2.95. The Kier molecular flexibility index (Phi) is 4.84. The van der Waals surface area contributed by atoms with Crippen molar-refractivity contribution in [1.82, 2.24) is 9.62 Å². The number of nitrogens with zero attached hydrogens (tertiary/aromatic N) is 1. The van der Waals surface area contributed by atoms with Crippen LogP contribution in [-0.2, 0) is 14.8 Å². The third kappa shape index (κ3) is 3.54. The Balaban J connectivity index is 2.15. The molecule has 2 rings (SSSR count). The molecule has 0 saturated carbocycles. The van der Waals surface area contributed by atoms with Gasteiger partial charge in [-0.15, -0.1) is 0 Å². The number of para-hydroxylation sites is 1. The van der Waals surface area contributed by atoms with Crippen LogP contribution in [0.15, 0.2) is 29.2 Å². The Labute approximate surface area is 125 Å². The van der Waals surface area contributed by atoms with E-state index >= 15 is 0 Å². The van der Waals surface area contributed by atoms with Crippen molar-refractivity contribution in [2.24, 2.45) is 0 Å². The normalized spacial score (nSPS) is 16.8. The molecule has 0 radical (unpaired) electrons. The van der Waals surface area contributed by atoms with Gasteiger partial charge < -0.3 is 9.64 Å². The Hall–Kier alpha value is -1.60. The van der Waals surface area contributed by atoms with Crippen LogP contribution in [0.1, 0.15) is 19.8 Å². The molecule has 1 N–H and O–H groups in total. The number of carbonyl (C=O) groups excluding carboxylic acids is 1. The third-order valence-electron chi connectivity index (χ3n) is 3.48. The molecule has 1 atom stereocenters. The van der Waals surface area contributed by atoms with Gasteiger partial charge in [0.05, 0.1) is 13.2 Å². The smallest absolute Gasteiger partial charge is 0.244 e. The van der Waals surface area contributed by atoms with E-state index in [-0.39, 0.29) is 16.6 Å². The lowest BCUT2D eigenvalue weighted by molar-refractivity contribution is -0.131. The average molecular weight is 312 g/mol. The van der Waals surface area contributed by atoms with Crippen LogP contribution >= 0.6 is 0 Å². The molecule has 1 fully saturated rings. The maximum Gasteiger partial charge on any atom is 0.244 e. The van der Waals surface area contributed by atoms with Gasteiger partial charge in [0.25, 0.3) is 0 Å². The highest BCUT2D eigenvalue weighted by Crippen LogP contribution is 2.23. The zero-order chi connectivity index (χ0) is 15.5. The number of amides is 1. The van der Waals surface area contributed by atoms with Crippen LogP contribution in [0, 0.1) is 0 Å². The van der Waals surface area contributed by atoms with Crippen LogP contribution in [0.2, 0.25) is 0 Å². The summed E-state index contributed by atoms with van der Waals surface area (Å²) in [4.78, 5) is 13.9. The Morgan fingerprint density at radius 1 is 1.29 bits per heavy atom. The number of carbonyl (C=O) groups is 1. The summed E-state index contributed by atoms with van der Waals surface area (Å²) in [5, 5.41) is 0. The number of hydrogen-bond acceptors (Lipinski definition) is 4. The summed E-state index contributed by atoms with van der Waals surface area (Å²) >= 11 is 0. The van der Waals surface area contributed by atoms with Gasteiger partial charge in [0, 0.05) is 13.1 Å². The highest BCUT2D eigenvalue weighted by Gasteiger charge is 2.28. The topological polar surface area (TPSA) is 75.7 Å². The number of ether oxygens (including phenoxy) is 1. The van der Waals surface area contributed by atoms with Crippen molar-refractivity contribution in [1.29, 1.82) is 0 Å². The van der Waals surface area contributed by atoms with Gasteiger partial charge >= 0.3 is 0 Å². The van der Waals surface area contributed by atoms with Crippen molar-refractivity contribution in [2.75, 3.05) is 20.2 Å². The minimum absolute atomic E-state index is 0.0357. The van der Waals surface area contributed by atoms with E-state index in [1.54, 1.807) is 30.0 Å². The fourth-order valence-electron chi connectivity index (χ4n) is 2.40. The minimum atomic E-state index is -3.80. The molecule has 1 aliphatic rings. The Morgan fingerprint density at radius 3 is 2.52 bits per heavy atom. The predicted molar refractivity (Wildman–Crippen MR) is 78.6 cm³/mol. The largest absolute Gasteiger partial charge is 0.495 e. The lowest BCUT2D eigenvalue weighted by Crippen LogP contribution is -2.45. The zero-order valence-electron chi connectivity index (χ0n) is 12.2. The van der Waals surface area contributed by atoms with Crippen molar-refractivity contribution in [3.05, 3.63) is 24.3 Å². The maximum atomic E-state index is 12.4. The van der Waals surface area contributed by atoms with Crippen LogP contribution in [0.5, 0.6) is 5.75 Å². The number of sulfonamides is 1. The number of hydrogen-bond donors (Lipinski definition) is 1. The molecule has 1 aliphatic heterocycles. The van der Waals surface area contributed by atoms with Gasteiger partial charge in [-0.05, 0) is 31.9 Å². The fourth-order valence-corrected chi connectivity index (χ4v) is 3.77. The molecule has 1 amide bonds. The molecule has 0 spiro atoms. The van der Waals surface area contributed by atoms with E-state index in [0.29, 0.717) is 13.1 Å². The quantitative estimate of drug-likeness (QED) is 0.879. The number of likely N-dealkylation sites (tertiary alicyclic amines) is 1. The minimum Gasteiger partial charge on any atom is -0.495 e. The first kappa shape index (κ1) is 15.8. The molecule has 0 aromatic heterocycles. The first-order chi connectivity index (χ1) is 9.95. The standard InChI is InChI=1S/C14H20N2O4S/c1-11(14(17)16-9-5-6-10-16)15-21(18,19)13-8-4-3-7-12(13)20-2/h3-4,7-8,11,15H,5-6,9-10H2,1-2H3/t11-/m0/s1. The third-order valence-corrected chi connectivity index (χ3v) is 5.06. The molecular weight excluding hydrogens is 292 g/mol. The van der Waals surface area contributed by atoms with Crippen LogP contribution < -0.4 is 9.46 Å². The molecule has 116 valence electrons. The van der Waals surface area contributed by atoms with E-state index in [1.165, 1.54) is 13.2 Å². The number of methoxy groups -OCH3 is 1. The second-order valence-corrected chi connectivity index (χ2v) is 6.71. The Morgan fingerprint density at radius 2 is 1.90 bits per heavy atom. The van der Waals surface area contributed by atoms with E-state index in [1.807, 2.05) is 0 Å². The first-order valence-electron chi connectivity index (χ1n) is 6.90. The van der Waals surface area contributed by atoms with Gasteiger partial charge in [-0.2, -0.15) is 4.72 Å². The number of rotatable bonds is 5. The lowest BCUT2D eigenvalue weighted by Gasteiger charge is -2.21. The van der Waals surface area contributed by atoms with E-state index in [0.717, 1.165) is 12.8 Å². The summed E-state index contributed by atoms with van der Waals surface area (Å²) < 4.78 is 32.2. The summed E-state index contributed by atoms with van der Waals surface area (Å²) in [6.07, 6.45) is 1.94. The summed E-state index contributed by atoms with van der Waals surface area (Å²) in [6, 6.07) is 5.54. The molecule has 6 nitrogen and oxygen atoms in total. The van der Waals surface area contributed by atoms with E-state index in [4.69, 9.17) is 4.74 Å². The van der Waals surface area contributed by atoms with Gasteiger partial charge in [0.15, 0.2) is 0 Å². The van der Waals surface area contributed by atoms with Crippen LogP contribution in [0.25, 0.3) is 0 Å². The van der Waals surface area contributed by atoms with E-state index in [9.17, 15) is 13.2 Å². The molecule has 1 aromatic rings. The maximum absolute atomic E-state index is 12.4. The fraction of sp³-hybridized carbons (Fsp3) is 0.500. The monoisotopic (exact) mass is 312 g/mol. The second-order valence-electron chi connectivity index (χ2n) is 5.03. The van der Waals surface area contributed by atoms with Crippen molar-refractivity contribution in [3.63, 3.8) is 0 Å². The lowest BCUT2D eigenvalue weighted by atomic mass is 10.3. The first-order valence-corrected chi connectivity index (χ1v) is 8.38. The molecule has 0 unspecified atom stereocenters. The molecule has 21 heavy (non-hydrogen) atoms. The van der Waals surface area contributed by atoms with Gasteiger partial charge in [0.1, 0.15) is 10.6 Å². The van der Waals surface area contributed by atoms with E-state index in [2.05, 4.69) is 4.72 Å². The number of benzene rings is 1. The summed E-state index contributed by atoms with van der Waals surface area (Å²) in [7, 11) is -2.39. The predicted octanol–water partition coefficient (Wildman–Crippen LogP) is 0.984. The van der Waals surface area contributed by atoms with Crippen LogP contribution in [0.3, 0.4) is 0 Å². The molecule has 1 heterocycles. The van der Waals surface area contributed by atoms with E-state index < -0.39 is 16.1 Å². The highest BCUT2D eigenvalue weighted by atomic mass is 32.2. The van der Waals surface area contributed by atoms with Gasteiger partial charge in [-0.3, -0.25) is 4.79 Å². The van der Waals surface area contributed by atoms with Crippen molar-refractivity contribution >= 4 is 15.9 Å². The molecule has 1 aromatic carbocycles.